The number of nitrogens with one attached hydrogen (secondary N) is 1. The minimum Gasteiger partial charge on any atom is -0.382 e. The van der Waals surface area contributed by atoms with Crippen molar-refractivity contribution in [1.82, 2.24) is 15.1 Å². The second-order valence-corrected chi connectivity index (χ2v) is 3.63. The molecule has 1 aliphatic rings. The first-order valence-electron chi connectivity index (χ1n) is 4.82. The summed E-state index contributed by atoms with van der Waals surface area (Å²) in [7, 11) is 0. The van der Waals surface area contributed by atoms with E-state index in [4.69, 9.17) is 5.73 Å². The van der Waals surface area contributed by atoms with Crippen molar-refractivity contribution in [3.8, 4) is 0 Å². The average Bonchev–Trinajstić information content (AvgIpc) is 2.71. The number of likely N-dealkylation sites (N-methyl/N-ethyl adjacent to an activating group) is 1. The lowest BCUT2D eigenvalue weighted by molar-refractivity contribution is 0.353. The van der Waals surface area contributed by atoms with E-state index in [1.807, 2.05) is 6.07 Å². The van der Waals surface area contributed by atoms with Crippen LogP contribution in [0.2, 0.25) is 0 Å². The van der Waals surface area contributed by atoms with Gasteiger partial charge in [0.05, 0.1) is 0 Å². The Morgan fingerprint density at radius 1 is 1.77 bits per heavy atom. The molecule has 2 rings (SSSR count). The normalized spacial score (nSPS) is 23.9. The number of hydrogen-bond donors (Lipinski definition) is 2. The summed E-state index contributed by atoms with van der Waals surface area (Å²) in [5.74, 6) is 1.20. The third-order valence-electron chi connectivity index (χ3n) is 2.78. The minimum absolute atomic E-state index is 0.602. The third kappa shape index (κ3) is 1.67. The van der Waals surface area contributed by atoms with E-state index in [1.54, 1.807) is 0 Å². The Bertz CT molecular complexity index is 281. The highest BCUT2D eigenvalue weighted by Crippen LogP contribution is 2.25. The van der Waals surface area contributed by atoms with E-state index >= 15 is 0 Å². The molecule has 0 saturated carbocycles. The maximum Gasteiger partial charge on any atom is 0.145 e. The maximum atomic E-state index is 5.56. The maximum absolute atomic E-state index is 5.56. The van der Waals surface area contributed by atoms with Gasteiger partial charge in [-0.25, -0.2) is 0 Å². The van der Waals surface area contributed by atoms with Crippen LogP contribution in [0.25, 0.3) is 0 Å². The van der Waals surface area contributed by atoms with Crippen molar-refractivity contribution in [2.75, 3.05) is 25.4 Å². The van der Waals surface area contributed by atoms with Crippen LogP contribution in [0.4, 0.5) is 5.82 Å². The highest BCUT2D eigenvalue weighted by Gasteiger charge is 2.23. The van der Waals surface area contributed by atoms with E-state index in [9.17, 15) is 0 Å². The quantitative estimate of drug-likeness (QED) is 0.707. The predicted molar refractivity (Wildman–Crippen MR) is 52.5 cm³/mol. The second kappa shape index (κ2) is 3.38. The number of aromatic amines is 1. The highest BCUT2D eigenvalue weighted by atomic mass is 15.2. The number of nitrogens with two attached hydrogens (primary N) is 1. The lowest BCUT2D eigenvalue weighted by Gasteiger charge is -2.11. The first-order chi connectivity index (χ1) is 6.29. The van der Waals surface area contributed by atoms with Crippen molar-refractivity contribution in [2.24, 2.45) is 0 Å². The van der Waals surface area contributed by atoms with Gasteiger partial charge in [0.2, 0.25) is 0 Å². The van der Waals surface area contributed by atoms with Crippen molar-refractivity contribution < 1.29 is 0 Å². The van der Waals surface area contributed by atoms with E-state index in [1.165, 1.54) is 18.7 Å². The smallest absolute Gasteiger partial charge is 0.145 e. The van der Waals surface area contributed by atoms with Gasteiger partial charge in [-0.2, -0.15) is 5.10 Å². The van der Waals surface area contributed by atoms with Gasteiger partial charge in [0.1, 0.15) is 5.82 Å². The molecule has 13 heavy (non-hydrogen) atoms. The van der Waals surface area contributed by atoms with E-state index in [0.717, 1.165) is 13.1 Å². The standard InChI is InChI=1S/C9H16N4/c1-2-13-4-3-7(6-13)8-5-9(10)12-11-8/h5,7H,2-4,6H2,1H3,(H3,10,11,12). The summed E-state index contributed by atoms with van der Waals surface area (Å²) in [6, 6.07) is 1.95. The first kappa shape index (κ1) is 8.56. The van der Waals surface area contributed by atoms with Gasteiger partial charge < -0.3 is 10.6 Å². The van der Waals surface area contributed by atoms with Crippen molar-refractivity contribution in [2.45, 2.75) is 19.3 Å². The van der Waals surface area contributed by atoms with Gasteiger partial charge in [-0.05, 0) is 19.5 Å². The molecule has 4 heteroatoms. The van der Waals surface area contributed by atoms with Crippen LogP contribution in [-0.4, -0.2) is 34.7 Å². The monoisotopic (exact) mass is 180 g/mol. The van der Waals surface area contributed by atoms with Gasteiger partial charge in [-0.1, -0.05) is 6.92 Å². The number of anilines is 1. The zero-order valence-corrected chi connectivity index (χ0v) is 7.95. The summed E-state index contributed by atoms with van der Waals surface area (Å²) < 4.78 is 0. The third-order valence-corrected chi connectivity index (χ3v) is 2.78. The number of hydrogen-bond acceptors (Lipinski definition) is 3. The number of rotatable bonds is 2. The van der Waals surface area contributed by atoms with Gasteiger partial charge in [0.15, 0.2) is 0 Å². The van der Waals surface area contributed by atoms with Crippen LogP contribution in [0.1, 0.15) is 25.0 Å². The summed E-state index contributed by atoms with van der Waals surface area (Å²) in [6.45, 7) is 5.67. The summed E-state index contributed by atoms with van der Waals surface area (Å²) in [4.78, 5) is 2.45. The molecule has 0 aromatic carbocycles. The Balaban J connectivity index is 2.03. The zero-order valence-electron chi connectivity index (χ0n) is 7.95. The van der Waals surface area contributed by atoms with Crippen molar-refractivity contribution in [3.05, 3.63) is 11.8 Å². The van der Waals surface area contributed by atoms with Crippen molar-refractivity contribution in [1.29, 1.82) is 0 Å². The summed E-state index contributed by atoms with van der Waals surface area (Å²) in [5, 5.41) is 6.94. The van der Waals surface area contributed by atoms with Crippen molar-refractivity contribution >= 4 is 5.82 Å². The lowest BCUT2D eigenvalue weighted by atomic mass is 10.1. The number of nitrogens with zero attached hydrogens (tertiary/aromatic N) is 2. The van der Waals surface area contributed by atoms with Gasteiger partial charge in [-0.3, -0.25) is 5.10 Å². The molecular formula is C9H16N4. The van der Waals surface area contributed by atoms with Crippen LogP contribution in [0.15, 0.2) is 6.07 Å². The Hall–Kier alpha value is -1.03. The summed E-state index contributed by atoms with van der Waals surface area (Å²) >= 11 is 0. The molecule has 1 unspecified atom stereocenters. The molecule has 3 N–H and O–H groups in total. The molecule has 1 aromatic rings. The molecule has 0 amide bonds. The Labute approximate surface area is 78.1 Å². The second-order valence-electron chi connectivity index (χ2n) is 3.63. The number of likely N-dealkylation sites (tertiary alicyclic amines) is 1. The fourth-order valence-electron chi connectivity index (χ4n) is 1.94. The van der Waals surface area contributed by atoms with Crippen LogP contribution in [-0.2, 0) is 0 Å². The van der Waals surface area contributed by atoms with E-state index in [-0.39, 0.29) is 0 Å². The van der Waals surface area contributed by atoms with Gasteiger partial charge >= 0.3 is 0 Å². The lowest BCUT2D eigenvalue weighted by Crippen LogP contribution is -2.19. The molecule has 0 spiro atoms. The molecule has 72 valence electrons. The number of aromatic nitrogens is 2. The highest BCUT2D eigenvalue weighted by molar-refractivity contribution is 5.30. The summed E-state index contributed by atoms with van der Waals surface area (Å²) in [5.41, 5.74) is 6.75. The van der Waals surface area contributed by atoms with Gasteiger partial charge in [0, 0.05) is 24.2 Å². The molecule has 1 fully saturated rings. The molecule has 1 aliphatic heterocycles. The molecule has 2 heterocycles. The summed E-state index contributed by atoms with van der Waals surface area (Å²) in [6.07, 6.45) is 1.22. The van der Waals surface area contributed by atoms with E-state index < -0.39 is 0 Å². The van der Waals surface area contributed by atoms with Crippen LogP contribution >= 0.6 is 0 Å². The SMILES string of the molecule is CCN1CCC(c2cc(N)n[nH]2)C1. The Morgan fingerprint density at radius 3 is 3.15 bits per heavy atom. The molecule has 0 bridgehead atoms. The van der Waals surface area contributed by atoms with Crippen LogP contribution in [0, 0.1) is 0 Å². The molecule has 0 aliphatic carbocycles. The fraction of sp³-hybridized carbons (Fsp3) is 0.667. The van der Waals surface area contributed by atoms with Gasteiger partial charge in [0.25, 0.3) is 0 Å². The molecule has 1 atom stereocenters. The van der Waals surface area contributed by atoms with Crippen molar-refractivity contribution in [3.63, 3.8) is 0 Å². The zero-order chi connectivity index (χ0) is 9.26. The van der Waals surface area contributed by atoms with E-state index in [2.05, 4.69) is 22.0 Å². The fourth-order valence-corrected chi connectivity index (χ4v) is 1.94. The van der Waals surface area contributed by atoms with Crippen LogP contribution < -0.4 is 5.73 Å². The molecule has 0 radical (unpaired) electrons. The average molecular weight is 180 g/mol. The topological polar surface area (TPSA) is 57.9 Å². The van der Waals surface area contributed by atoms with Crippen LogP contribution in [0.3, 0.4) is 0 Å². The van der Waals surface area contributed by atoms with Crippen LogP contribution in [0.5, 0.6) is 0 Å². The molecule has 1 aromatic heterocycles. The molecule has 1 saturated heterocycles. The van der Waals surface area contributed by atoms with E-state index in [0.29, 0.717) is 11.7 Å². The molecule has 4 nitrogen and oxygen atoms in total. The molecular weight excluding hydrogens is 164 g/mol. The van der Waals surface area contributed by atoms with Gasteiger partial charge in [-0.15, -0.1) is 0 Å². The largest absolute Gasteiger partial charge is 0.382 e. The minimum atomic E-state index is 0.602. The number of H-pyrrole nitrogens is 1. The Morgan fingerprint density at radius 2 is 2.62 bits per heavy atom. The Kier molecular flexibility index (Phi) is 2.22. The predicted octanol–water partition coefficient (Wildman–Crippen LogP) is 0.801. The first-order valence-corrected chi connectivity index (χ1v) is 4.82. The number of nitrogen functional groups attached to an aromatic ring is 1.